The second kappa shape index (κ2) is 11.4. The highest BCUT2D eigenvalue weighted by atomic mass is 28.4. The van der Waals surface area contributed by atoms with Crippen molar-refractivity contribution in [3.63, 3.8) is 0 Å². The predicted molar refractivity (Wildman–Crippen MR) is 161 cm³/mol. The Kier molecular flexibility index (Phi) is 8.95. The molecule has 0 aliphatic heterocycles. The molecule has 214 valence electrons. The lowest BCUT2D eigenvalue weighted by Gasteiger charge is -2.62. The fraction of sp³-hybridized carbons (Fsp3) is 0.794. The van der Waals surface area contributed by atoms with Crippen molar-refractivity contribution >= 4 is 14.3 Å². The molecule has 0 unspecified atom stereocenters. The fourth-order valence-corrected chi connectivity index (χ4v) is 14.9. The van der Waals surface area contributed by atoms with Crippen LogP contribution in [0.3, 0.4) is 0 Å². The summed E-state index contributed by atoms with van der Waals surface area (Å²) in [7, 11) is -2.12. The summed E-state index contributed by atoms with van der Waals surface area (Å²) >= 11 is 0. The second-order valence-corrected chi connectivity index (χ2v) is 20.1. The highest BCUT2D eigenvalue weighted by molar-refractivity contribution is 6.77. The van der Waals surface area contributed by atoms with Crippen LogP contribution in [-0.2, 0) is 19.4 Å². The van der Waals surface area contributed by atoms with E-state index in [2.05, 4.69) is 92.6 Å². The first-order chi connectivity index (χ1) is 17.9. The van der Waals surface area contributed by atoms with Gasteiger partial charge >= 0.3 is 5.97 Å². The molecule has 0 amide bonds. The second-order valence-electron chi connectivity index (χ2n) is 14.7. The van der Waals surface area contributed by atoms with E-state index in [0.717, 1.165) is 25.7 Å². The van der Waals surface area contributed by atoms with Gasteiger partial charge in [0.2, 0.25) is 8.32 Å². The number of esters is 1. The average Bonchev–Trinajstić information content (AvgIpc) is 2.84. The molecular weight excluding hydrogens is 484 g/mol. The zero-order valence-corrected chi connectivity index (χ0v) is 26.9. The summed E-state index contributed by atoms with van der Waals surface area (Å²) in [6.07, 6.45) is 8.88. The summed E-state index contributed by atoms with van der Waals surface area (Å²) in [5.74, 6) is 1.37. The quantitative estimate of drug-likeness (QED) is 0.231. The molecule has 4 rings (SSSR count). The van der Waals surface area contributed by atoms with E-state index in [1.165, 1.54) is 31.2 Å². The van der Waals surface area contributed by atoms with Gasteiger partial charge in [-0.3, -0.25) is 4.79 Å². The molecule has 1 aromatic rings. The van der Waals surface area contributed by atoms with Crippen molar-refractivity contribution in [3.05, 3.63) is 35.9 Å². The SMILES string of the molecule is CC(C)[Si](O[C@@]12CCCC[C@@H]1C[C@H]2C(=O)O[C@@H]1C[C@H](C)CC[C@H]1C(C)(C)c1ccccc1)(C(C)C)C(C)C. The molecule has 0 aromatic heterocycles. The van der Waals surface area contributed by atoms with Gasteiger partial charge in [0.05, 0.1) is 11.5 Å². The number of carbonyl (C=O) groups is 1. The van der Waals surface area contributed by atoms with Crippen LogP contribution in [0, 0.1) is 23.7 Å². The van der Waals surface area contributed by atoms with Crippen LogP contribution in [0.1, 0.15) is 119 Å². The van der Waals surface area contributed by atoms with Crippen molar-refractivity contribution in [2.24, 2.45) is 23.7 Å². The highest BCUT2D eigenvalue weighted by Crippen LogP contribution is 2.60. The van der Waals surface area contributed by atoms with Gasteiger partial charge in [-0.1, -0.05) is 112 Å². The lowest BCUT2D eigenvalue weighted by Crippen LogP contribution is -2.68. The van der Waals surface area contributed by atoms with Crippen LogP contribution >= 0.6 is 0 Å². The minimum atomic E-state index is -2.12. The van der Waals surface area contributed by atoms with Crippen molar-refractivity contribution in [1.29, 1.82) is 0 Å². The third-order valence-corrected chi connectivity index (χ3v) is 17.4. The van der Waals surface area contributed by atoms with Gasteiger partial charge in [-0.25, -0.2) is 0 Å². The maximum atomic E-state index is 14.2. The molecule has 6 atom stereocenters. The predicted octanol–water partition coefficient (Wildman–Crippen LogP) is 9.45. The number of benzene rings is 1. The van der Waals surface area contributed by atoms with Crippen molar-refractivity contribution in [2.75, 3.05) is 0 Å². The molecule has 3 aliphatic carbocycles. The smallest absolute Gasteiger partial charge is 0.312 e. The summed E-state index contributed by atoms with van der Waals surface area (Å²) in [6.45, 7) is 21.2. The molecule has 0 radical (unpaired) electrons. The molecule has 4 heteroatoms. The van der Waals surface area contributed by atoms with Gasteiger partial charge in [0.15, 0.2) is 0 Å². The Morgan fingerprint density at radius 2 is 1.55 bits per heavy atom. The maximum Gasteiger partial charge on any atom is 0.312 e. The molecular formula is C34H56O3Si. The molecule has 0 spiro atoms. The Morgan fingerprint density at radius 1 is 0.921 bits per heavy atom. The van der Waals surface area contributed by atoms with E-state index >= 15 is 0 Å². The summed E-state index contributed by atoms with van der Waals surface area (Å²) in [6, 6.07) is 10.8. The Labute approximate surface area is 235 Å². The van der Waals surface area contributed by atoms with Crippen LogP contribution in [0.4, 0.5) is 0 Å². The molecule has 0 N–H and O–H groups in total. The van der Waals surface area contributed by atoms with E-state index in [-0.39, 0.29) is 29.0 Å². The molecule has 3 aliphatic rings. The Hall–Kier alpha value is -1.13. The number of hydrogen-bond acceptors (Lipinski definition) is 3. The van der Waals surface area contributed by atoms with Crippen LogP contribution < -0.4 is 0 Å². The Balaban J connectivity index is 1.60. The Morgan fingerprint density at radius 3 is 2.13 bits per heavy atom. The number of hydrogen-bond donors (Lipinski definition) is 0. The minimum absolute atomic E-state index is 0.0246. The van der Waals surface area contributed by atoms with E-state index in [1.54, 1.807) is 0 Å². The lowest BCUT2D eigenvalue weighted by atomic mass is 9.55. The molecule has 3 fully saturated rings. The monoisotopic (exact) mass is 540 g/mol. The molecule has 0 heterocycles. The van der Waals surface area contributed by atoms with E-state index in [9.17, 15) is 4.79 Å². The van der Waals surface area contributed by atoms with Crippen LogP contribution in [0.5, 0.6) is 0 Å². The summed E-state index contributed by atoms with van der Waals surface area (Å²) < 4.78 is 14.2. The van der Waals surface area contributed by atoms with Crippen molar-refractivity contribution in [1.82, 2.24) is 0 Å². The lowest BCUT2D eigenvalue weighted by molar-refractivity contribution is -0.203. The fourth-order valence-electron chi connectivity index (χ4n) is 9.12. The van der Waals surface area contributed by atoms with Crippen molar-refractivity contribution in [2.45, 2.75) is 147 Å². The first kappa shape index (κ1) is 29.8. The van der Waals surface area contributed by atoms with Gasteiger partial charge in [0.1, 0.15) is 6.10 Å². The zero-order valence-electron chi connectivity index (χ0n) is 25.9. The zero-order chi connectivity index (χ0) is 27.9. The van der Waals surface area contributed by atoms with E-state index in [0.29, 0.717) is 34.4 Å². The number of ether oxygens (including phenoxy) is 1. The van der Waals surface area contributed by atoms with Crippen LogP contribution in [0.25, 0.3) is 0 Å². The van der Waals surface area contributed by atoms with Crippen LogP contribution in [-0.4, -0.2) is 26.0 Å². The van der Waals surface area contributed by atoms with Gasteiger partial charge in [-0.05, 0) is 71.5 Å². The molecule has 0 saturated heterocycles. The number of carbonyl (C=O) groups excluding carboxylic acids is 1. The normalized spacial score (nSPS) is 32.3. The van der Waals surface area contributed by atoms with Gasteiger partial charge in [0, 0.05) is 5.92 Å². The molecule has 38 heavy (non-hydrogen) atoms. The van der Waals surface area contributed by atoms with E-state index in [4.69, 9.17) is 9.16 Å². The third-order valence-electron chi connectivity index (χ3n) is 11.3. The van der Waals surface area contributed by atoms with Gasteiger partial charge in [-0.2, -0.15) is 0 Å². The van der Waals surface area contributed by atoms with Crippen molar-refractivity contribution in [3.8, 4) is 0 Å². The van der Waals surface area contributed by atoms with Gasteiger partial charge in [-0.15, -0.1) is 0 Å². The van der Waals surface area contributed by atoms with Crippen LogP contribution in [0.2, 0.25) is 16.6 Å². The highest BCUT2D eigenvalue weighted by Gasteiger charge is 2.64. The summed E-state index contributed by atoms with van der Waals surface area (Å²) in [5, 5.41) is 0. The van der Waals surface area contributed by atoms with Crippen molar-refractivity contribution < 1.29 is 14.0 Å². The third kappa shape index (κ3) is 5.18. The largest absolute Gasteiger partial charge is 0.462 e. The van der Waals surface area contributed by atoms with Gasteiger partial charge < -0.3 is 9.16 Å². The molecule has 3 nitrogen and oxygen atoms in total. The average molecular weight is 541 g/mol. The first-order valence-corrected chi connectivity index (χ1v) is 18.0. The Bertz CT molecular complexity index is 917. The number of fused-ring (bicyclic) bond motifs is 1. The standard InChI is InChI=1S/C34H56O3Si/c1-23(2)38(24(3)4,25(5)6)37-34-20-14-13-17-28(34)22-30(34)32(35)36-31-21-26(7)18-19-29(31)33(8,9)27-15-11-10-12-16-27/h10-12,15-16,23-26,28-31H,13-14,17-22H2,1-9H3/t26-,28-,29-,30+,31-,34+/m1/s1. The summed E-state index contributed by atoms with van der Waals surface area (Å²) in [4.78, 5) is 14.2. The minimum Gasteiger partial charge on any atom is -0.462 e. The van der Waals surface area contributed by atoms with Gasteiger partial charge in [0.25, 0.3) is 0 Å². The summed E-state index contributed by atoms with van der Waals surface area (Å²) in [5.41, 5.74) is 2.57. The topological polar surface area (TPSA) is 35.5 Å². The van der Waals surface area contributed by atoms with E-state index in [1.807, 2.05) is 0 Å². The molecule has 1 aromatic carbocycles. The van der Waals surface area contributed by atoms with E-state index < -0.39 is 8.32 Å². The van der Waals surface area contributed by atoms with Crippen LogP contribution in [0.15, 0.2) is 30.3 Å². The molecule has 3 saturated carbocycles. The number of rotatable bonds is 9. The first-order valence-electron chi connectivity index (χ1n) is 15.8. The maximum absolute atomic E-state index is 14.2. The molecule has 0 bridgehead atoms.